The summed E-state index contributed by atoms with van der Waals surface area (Å²) in [4.78, 5) is 43.0. The molecule has 0 saturated carbocycles. The predicted molar refractivity (Wildman–Crippen MR) is 146 cm³/mol. The molecule has 0 aromatic heterocycles. The van der Waals surface area contributed by atoms with Crippen LogP contribution in [0.1, 0.15) is 22.3 Å². The monoisotopic (exact) mass is 551 g/mol. The molecule has 1 saturated heterocycles. The number of amidine groups is 1. The van der Waals surface area contributed by atoms with E-state index in [4.69, 9.17) is 14.6 Å². The Morgan fingerprint density at radius 3 is 2.44 bits per heavy atom. The Labute approximate surface area is 228 Å². The van der Waals surface area contributed by atoms with Crippen LogP contribution in [0, 0.1) is 5.82 Å². The van der Waals surface area contributed by atoms with Gasteiger partial charge in [-0.3, -0.25) is 14.5 Å². The number of hydrogen-bond acceptors (Lipinski definition) is 7. The van der Waals surface area contributed by atoms with E-state index in [1.807, 2.05) is 12.1 Å². The van der Waals surface area contributed by atoms with E-state index in [2.05, 4.69) is 10.3 Å². The molecular weight excluding hydrogens is 525 g/mol. The lowest BCUT2D eigenvalue weighted by Crippen LogP contribution is -2.35. The number of ether oxygens (including phenoxy) is 2. The van der Waals surface area contributed by atoms with E-state index in [-0.39, 0.29) is 30.1 Å². The molecule has 202 valence electrons. The maximum atomic E-state index is 14.4. The number of aliphatic imine (C=N–C) groups is 1. The number of para-hydroxylation sites is 1. The molecule has 1 aliphatic rings. The van der Waals surface area contributed by atoms with E-state index in [0.717, 1.165) is 17.3 Å². The average molecular weight is 552 g/mol. The zero-order chi connectivity index (χ0) is 27.9. The summed E-state index contributed by atoms with van der Waals surface area (Å²) in [6.45, 7) is 0.253. The Balaban J connectivity index is 1.51. The van der Waals surface area contributed by atoms with Gasteiger partial charge in [-0.25, -0.2) is 14.2 Å². The second-order valence-corrected chi connectivity index (χ2v) is 9.69. The van der Waals surface area contributed by atoms with Crippen LogP contribution in [0.15, 0.2) is 71.7 Å². The highest BCUT2D eigenvalue weighted by molar-refractivity contribution is 8.15. The van der Waals surface area contributed by atoms with Gasteiger partial charge in [0.15, 0.2) is 16.7 Å². The van der Waals surface area contributed by atoms with Crippen LogP contribution in [0.3, 0.4) is 0 Å². The van der Waals surface area contributed by atoms with E-state index in [9.17, 15) is 18.8 Å². The number of amides is 2. The Bertz CT molecular complexity index is 1410. The molecule has 2 amide bonds. The number of nitrogens with one attached hydrogen (secondary N) is 1. The highest BCUT2D eigenvalue weighted by Crippen LogP contribution is 2.33. The van der Waals surface area contributed by atoms with Crippen molar-refractivity contribution in [2.45, 2.75) is 18.1 Å². The highest BCUT2D eigenvalue weighted by atomic mass is 32.2. The van der Waals surface area contributed by atoms with Crippen molar-refractivity contribution in [3.05, 3.63) is 83.7 Å². The van der Waals surface area contributed by atoms with Gasteiger partial charge in [0.2, 0.25) is 11.8 Å². The first kappa shape index (κ1) is 27.6. The van der Waals surface area contributed by atoms with Gasteiger partial charge in [0, 0.05) is 18.7 Å². The molecule has 1 atom stereocenters. The van der Waals surface area contributed by atoms with Gasteiger partial charge in [-0.1, -0.05) is 30.0 Å². The van der Waals surface area contributed by atoms with Crippen LogP contribution in [0.4, 0.5) is 15.8 Å². The first-order valence-electron chi connectivity index (χ1n) is 11.9. The molecule has 3 aromatic rings. The van der Waals surface area contributed by atoms with Crippen LogP contribution >= 0.6 is 11.8 Å². The first-order chi connectivity index (χ1) is 18.8. The molecule has 0 bridgehead atoms. The third kappa shape index (κ3) is 6.74. The predicted octanol–water partition coefficient (Wildman–Crippen LogP) is 4.74. The lowest BCUT2D eigenvalue weighted by Gasteiger charge is -2.17. The number of aromatic carboxylic acids is 1. The Kier molecular flexibility index (Phi) is 8.82. The topological polar surface area (TPSA) is 118 Å². The van der Waals surface area contributed by atoms with Gasteiger partial charge in [-0.05, 0) is 60.5 Å². The number of methoxy groups -OCH3 is 2. The molecule has 9 nitrogen and oxygen atoms in total. The van der Waals surface area contributed by atoms with Gasteiger partial charge in [0.25, 0.3) is 0 Å². The molecule has 0 unspecified atom stereocenters. The van der Waals surface area contributed by atoms with Gasteiger partial charge in [-0.2, -0.15) is 0 Å². The average Bonchev–Trinajstić information content (AvgIpc) is 3.21. The quantitative estimate of drug-likeness (QED) is 0.374. The smallest absolute Gasteiger partial charge is 0.335 e. The number of carboxylic acids is 1. The van der Waals surface area contributed by atoms with Gasteiger partial charge in [0.05, 0.1) is 19.8 Å². The molecule has 0 radical (unpaired) electrons. The van der Waals surface area contributed by atoms with Gasteiger partial charge >= 0.3 is 5.97 Å². The maximum absolute atomic E-state index is 14.4. The minimum absolute atomic E-state index is 0.0903. The van der Waals surface area contributed by atoms with Crippen molar-refractivity contribution in [3.8, 4) is 11.5 Å². The Hall–Kier alpha value is -4.38. The summed E-state index contributed by atoms with van der Waals surface area (Å²) in [5.74, 6) is -1.19. The fourth-order valence-electron chi connectivity index (χ4n) is 3.93. The number of carboxylic acid groups (broad SMARTS) is 1. The van der Waals surface area contributed by atoms with Crippen molar-refractivity contribution in [2.24, 2.45) is 4.99 Å². The summed E-state index contributed by atoms with van der Waals surface area (Å²) in [6, 6.07) is 17.2. The minimum Gasteiger partial charge on any atom is -0.493 e. The lowest BCUT2D eigenvalue weighted by molar-refractivity contribution is -0.128. The molecule has 39 heavy (non-hydrogen) atoms. The molecule has 1 fully saturated rings. The number of carbonyl (C=O) groups excluding carboxylic acids is 2. The Morgan fingerprint density at radius 1 is 1.05 bits per heavy atom. The van der Waals surface area contributed by atoms with Crippen LogP contribution in [-0.4, -0.2) is 59.0 Å². The van der Waals surface area contributed by atoms with Crippen molar-refractivity contribution in [2.75, 3.05) is 26.1 Å². The van der Waals surface area contributed by atoms with Gasteiger partial charge in [-0.15, -0.1) is 0 Å². The van der Waals surface area contributed by atoms with Crippen LogP contribution in [0.2, 0.25) is 0 Å². The van der Waals surface area contributed by atoms with Crippen molar-refractivity contribution in [1.29, 1.82) is 0 Å². The summed E-state index contributed by atoms with van der Waals surface area (Å²) in [6.07, 6.45) is 0.311. The van der Waals surface area contributed by atoms with Crippen molar-refractivity contribution >= 4 is 46.1 Å². The summed E-state index contributed by atoms with van der Waals surface area (Å²) in [7, 11) is 3.09. The summed E-state index contributed by atoms with van der Waals surface area (Å²) in [5.41, 5.74) is 1.48. The zero-order valence-corrected chi connectivity index (χ0v) is 22.0. The normalized spacial score (nSPS) is 15.9. The standard InChI is InChI=1S/C28H26FN3O6S/c1-37-22-12-7-17(15-23(22)38-2)13-14-32-26(34)24(39-28(32)31-21-6-4-3-5-20(21)29)16-25(33)30-19-10-8-18(9-11-19)27(35)36/h3-12,15,24H,13-14,16H2,1-2H3,(H,30,33)(H,35,36)/t24-/m1/s1. The van der Waals surface area contributed by atoms with Crippen LogP contribution in [-0.2, 0) is 16.0 Å². The van der Waals surface area contributed by atoms with E-state index < -0.39 is 22.9 Å². The van der Waals surface area contributed by atoms with E-state index >= 15 is 0 Å². The van der Waals surface area contributed by atoms with Crippen LogP contribution < -0.4 is 14.8 Å². The molecule has 1 aliphatic heterocycles. The van der Waals surface area contributed by atoms with Crippen LogP contribution in [0.5, 0.6) is 11.5 Å². The molecule has 3 aromatic carbocycles. The first-order valence-corrected chi connectivity index (χ1v) is 12.8. The largest absolute Gasteiger partial charge is 0.493 e. The van der Waals surface area contributed by atoms with Crippen molar-refractivity contribution in [1.82, 2.24) is 4.90 Å². The number of halogens is 1. The second kappa shape index (κ2) is 12.4. The maximum Gasteiger partial charge on any atom is 0.335 e. The lowest BCUT2D eigenvalue weighted by atomic mass is 10.1. The number of nitrogens with zero attached hydrogens (tertiary/aromatic N) is 2. The number of carbonyl (C=O) groups is 3. The molecule has 0 spiro atoms. The van der Waals surface area contributed by atoms with Crippen molar-refractivity contribution < 1.29 is 33.4 Å². The number of thioether (sulfide) groups is 1. The highest BCUT2D eigenvalue weighted by Gasteiger charge is 2.39. The third-order valence-electron chi connectivity index (χ3n) is 5.95. The summed E-state index contributed by atoms with van der Waals surface area (Å²) in [5, 5.41) is 11.3. The van der Waals surface area contributed by atoms with Crippen LogP contribution in [0.25, 0.3) is 0 Å². The molecular formula is C28H26FN3O6S. The fourth-order valence-corrected chi connectivity index (χ4v) is 5.11. The number of hydrogen-bond donors (Lipinski definition) is 2. The Morgan fingerprint density at radius 2 is 1.77 bits per heavy atom. The number of rotatable bonds is 10. The summed E-state index contributed by atoms with van der Waals surface area (Å²) >= 11 is 1.10. The fraction of sp³-hybridized carbons (Fsp3) is 0.214. The SMILES string of the molecule is COc1ccc(CCN2C(=O)[C@@H](CC(=O)Nc3ccc(C(=O)O)cc3)SC2=Nc2ccccc2F)cc1OC. The number of anilines is 1. The van der Waals surface area contributed by atoms with E-state index in [1.165, 1.54) is 48.4 Å². The van der Waals surface area contributed by atoms with Gasteiger partial charge in [0.1, 0.15) is 16.8 Å². The van der Waals surface area contributed by atoms with Gasteiger partial charge < -0.3 is 19.9 Å². The molecule has 2 N–H and O–H groups in total. The molecule has 11 heteroatoms. The zero-order valence-electron chi connectivity index (χ0n) is 21.2. The molecule has 4 rings (SSSR count). The molecule has 1 heterocycles. The summed E-state index contributed by atoms with van der Waals surface area (Å²) < 4.78 is 25.0. The molecule has 0 aliphatic carbocycles. The third-order valence-corrected chi connectivity index (χ3v) is 7.12. The number of benzene rings is 3. The van der Waals surface area contributed by atoms with E-state index in [0.29, 0.717) is 28.8 Å². The van der Waals surface area contributed by atoms with E-state index in [1.54, 1.807) is 25.3 Å². The second-order valence-electron chi connectivity index (χ2n) is 8.52. The van der Waals surface area contributed by atoms with Crippen molar-refractivity contribution in [3.63, 3.8) is 0 Å². The minimum atomic E-state index is -1.07.